The van der Waals surface area contributed by atoms with E-state index >= 15 is 0 Å². The van der Waals surface area contributed by atoms with Crippen molar-refractivity contribution >= 4 is 29.3 Å². The Hall–Kier alpha value is -2.93. The molecule has 0 radical (unpaired) electrons. The molecule has 6 nitrogen and oxygen atoms in total. The first-order valence-electron chi connectivity index (χ1n) is 8.76. The topological polar surface area (TPSA) is 87.3 Å². The highest BCUT2D eigenvalue weighted by Crippen LogP contribution is 2.16. The van der Waals surface area contributed by atoms with Crippen LogP contribution >= 0.6 is 11.6 Å². The molecular weight excluding hydrogens is 385 g/mol. The largest absolute Gasteiger partial charge is 0.354 e. The van der Waals surface area contributed by atoms with Crippen LogP contribution in [0.1, 0.15) is 22.3 Å². The molecule has 0 bridgehead atoms. The van der Waals surface area contributed by atoms with Crippen molar-refractivity contribution in [3.05, 3.63) is 70.5 Å². The molecule has 0 aliphatic heterocycles. The van der Waals surface area contributed by atoms with Crippen molar-refractivity contribution < 1.29 is 18.8 Å². The normalized spacial score (nSPS) is 10.2. The SMILES string of the molecule is O=C(CCNC(=O)c1ccc(F)cc1Cl)NCC(=O)NCCc1ccccc1. The lowest BCUT2D eigenvalue weighted by atomic mass is 10.1. The van der Waals surface area contributed by atoms with Crippen LogP contribution in [0.2, 0.25) is 5.02 Å². The first-order valence-corrected chi connectivity index (χ1v) is 9.14. The molecule has 2 aromatic carbocycles. The zero-order valence-electron chi connectivity index (χ0n) is 15.1. The van der Waals surface area contributed by atoms with Crippen molar-refractivity contribution in [2.75, 3.05) is 19.6 Å². The molecule has 2 aromatic rings. The van der Waals surface area contributed by atoms with Gasteiger partial charge in [-0.25, -0.2) is 4.39 Å². The fourth-order valence-electron chi connectivity index (χ4n) is 2.38. The van der Waals surface area contributed by atoms with Crippen LogP contribution in [-0.4, -0.2) is 37.4 Å². The van der Waals surface area contributed by atoms with Crippen molar-refractivity contribution in [2.45, 2.75) is 12.8 Å². The molecule has 0 atom stereocenters. The third-order valence-corrected chi connectivity index (χ3v) is 4.15. The van der Waals surface area contributed by atoms with Gasteiger partial charge in [0.15, 0.2) is 0 Å². The lowest BCUT2D eigenvalue weighted by molar-refractivity contribution is -0.126. The molecule has 0 heterocycles. The van der Waals surface area contributed by atoms with Gasteiger partial charge in [-0.2, -0.15) is 0 Å². The molecule has 0 aliphatic carbocycles. The zero-order chi connectivity index (χ0) is 20.4. The summed E-state index contributed by atoms with van der Waals surface area (Å²) < 4.78 is 13.0. The van der Waals surface area contributed by atoms with E-state index in [0.717, 1.165) is 17.7 Å². The molecule has 0 saturated heterocycles. The highest BCUT2D eigenvalue weighted by Gasteiger charge is 2.11. The minimum Gasteiger partial charge on any atom is -0.354 e. The average molecular weight is 406 g/mol. The Labute approximate surface area is 167 Å². The Balaban J connectivity index is 1.60. The average Bonchev–Trinajstić information content (AvgIpc) is 2.67. The summed E-state index contributed by atoms with van der Waals surface area (Å²) in [5.74, 6) is -1.70. The van der Waals surface area contributed by atoms with Gasteiger partial charge in [0.1, 0.15) is 5.82 Å². The van der Waals surface area contributed by atoms with E-state index in [1.165, 1.54) is 6.07 Å². The second-order valence-corrected chi connectivity index (χ2v) is 6.40. The second-order valence-electron chi connectivity index (χ2n) is 5.99. The molecule has 0 aliphatic rings. The molecule has 0 spiro atoms. The van der Waals surface area contributed by atoms with E-state index < -0.39 is 11.7 Å². The minimum atomic E-state index is -0.539. The number of carbonyl (C=O) groups is 3. The summed E-state index contributed by atoms with van der Waals surface area (Å²) in [6.45, 7) is 0.409. The van der Waals surface area contributed by atoms with Gasteiger partial charge in [0.2, 0.25) is 11.8 Å². The summed E-state index contributed by atoms with van der Waals surface area (Å²) in [6.07, 6.45) is 0.709. The van der Waals surface area contributed by atoms with E-state index in [0.29, 0.717) is 13.0 Å². The Bertz CT molecular complexity index is 831. The van der Waals surface area contributed by atoms with Crippen LogP contribution in [0.15, 0.2) is 48.5 Å². The Morgan fingerprint density at radius 1 is 0.893 bits per heavy atom. The van der Waals surface area contributed by atoms with Crippen LogP contribution in [0, 0.1) is 5.82 Å². The standard InChI is InChI=1S/C20H21ClFN3O3/c21-17-12-15(22)6-7-16(17)20(28)24-11-9-18(26)25-13-19(27)23-10-8-14-4-2-1-3-5-14/h1-7,12H,8-11,13H2,(H,23,27)(H,24,28)(H,25,26). The molecule has 0 saturated carbocycles. The molecule has 3 N–H and O–H groups in total. The van der Waals surface area contributed by atoms with Crippen LogP contribution in [0.3, 0.4) is 0 Å². The molecule has 148 valence electrons. The van der Waals surface area contributed by atoms with E-state index in [1.807, 2.05) is 30.3 Å². The minimum absolute atomic E-state index is 0.00183. The Kier molecular flexibility index (Phi) is 8.42. The molecule has 0 unspecified atom stereocenters. The summed E-state index contributed by atoms with van der Waals surface area (Å²) in [7, 11) is 0. The second kappa shape index (κ2) is 11.0. The van der Waals surface area contributed by atoms with Gasteiger partial charge in [0.25, 0.3) is 5.91 Å². The van der Waals surface area contributed by atoms with Gasteiger partial charge in [-0.05, 0) is 30.2 Å². The predicted octanol–water partition coefficient (Wildman–Crippen LogP) is 2.07. The number of carbonyl (C=O) groups excluding carboxylic acids is 3. The Morgan fingerprint density at radius 2 is 1.64 bits per heavy atom. The van der Waals surface area contributed by atoms with Gasteiger partial charge in [0, 0.05) is 19.5 Å². The highest BCUT2D eigenvalue weighted by atomic mass is 35.5. The lowest BCUT2D eigenvalue weighted by Crippen LogP contribution is -2.38. The molecule has 0 fully saturated rings. The number of amides is 3. The number of halogens is 2. The molecule has 2 rings (SSSR count). The Morgan fingerprint density at radius 3 is 2.36 bits per heavy atom. The number of rotatable bonds is 9. The third kappa shape index (κ3) is 7.36. The first kappa shape index (κ1) is 21.4. The summed E-state index contributed by atoms with van der Waals surface area (Å²) in [6, 6.07) is 13.2. The van der Waals surface area contributed by atoms with E-state index in [2.05, 4.69) is 16.0 Å². The monoisotopic (exact) mass is 405 g/mol. The molecule has 0 aromatic heterocycles. The van der Waals surface area contributed by atoms with Crippen LogP contribution < -0.4 is 16.0 Å². The van der Waals surface area contributed by atoms with Gasteiger partial charge < -0.3 is 16.0 Å². The predicted molar refractivity (Wildman–Crippen MR) is 105 cm³/mol. The number of hydrogen-bond acceptors (Lipinski definition) is 3. The zero-order valence-corrected chi connectivity index (χ0v) is 15.9. The summed E-state index contributed by atoms with van der Waals surface area (Å²) in [5.41, 5.74) is 1.24. The molecular formula is C20H21ClFN3O3. The maximum atomic E-state index is 13.0. The lowest BCUT2D eigenvalue weighted by Gasteiger charge is -2.08. The first-order chi connectivity index (χ1) is 13.5. The van der Waals surface area contributed by atoms with E-state index in [1.54, 1.807) is 0 Å². The fraction of sp³-hybridized carbons (Fsp3) is 0.250. The number of benzene rings is 2. The van der Waals surface area contributed by atoms with Crippen LogP contribution in [-0.2, 0) is 16.0 Å². The van der Waals surface area contributed by atoms with Crippen molar-refractivity contribution in [1.29, 1.82) is 0 Å². The van der Waals surface area contributed by atoms with Crippen molar-refractivity contribution in [1.82, 2.24) is 16.0 Å². The van der Waals surface area contributed by atoms with Gasteiger partial charge in [-0.1, -0.05) is 41.9 Å². The smallest absolute Gasteiger partial charge is 0.252 e. The van der Waals surface area contributed by atoms with Crippen LogP contribution in [0.25, 0.3) is 0 Å². The van der Waals surface area contributed by atoms with Gasteiger partial charge >= 0.3 is 0 Å². The van der Waals surface area contributed by atoms with Crippen molar-refractivity contribution in [3.63, 3.8) is 0 Å². The van der Waals surface area contributed by atoms with Crippen molar-refractivity contribution in [2.24, 2.45) is 0 Å². The fourth-order valence-corrected chi connectivity index (χ4v) is 2.63. The highest BCUT2D eigenvalue weighted by molar-refractivity contribution is 6.33. The van der Waals surface area contributed by atoms with E-state index in [4.69, 9.17) is 11.6 Å². The number of nitrogens with one attached hydrogen (secondary N) is 3. The third-order valence-electron chi connectivity index (χ3n) is 3.84. The maximum absolute atomic E-state index is 13.0. The van der Waals surface area contributed by atoms with E-state index in [9.17, 15) is 18.8 Å². The van der Waals surface area contributed by atoms with Crippen LogP contribution in [0.5, 0.6) is 0 Å². The van der Waals surface area contributed by atoms with Crippen LogP contribution in [0.4, 0.5) is 4.39 Å². The summed E-state index contributed by atoms with van der Waals surface area (Å²) >= 11 is 5.81. The van der Waals surface area contributed by atoms with Gasteiger partial charge in [0.05, 0.1) is 17.1 Å². The quantitative estimate of drug-likeness (QED) is 0.597. The molecule has 8 heteroatoms. The summed E-state index contributed by atoms with van der Waals surface area (Å²) in [4.78, 5) is 35.4. The summed E-state index contributed by atoms with van der Waals surface area (Å²) in [5, 5.41) is 7.73. The van der Waals surface area contributed by atoms with Crippen molar-refractivity contribution in [3.8, 4) is 0 Å². The van der Waals surface area contributed by atoms with Gasteiger partial charge in [-0.3, -0.25) is 14.4 Å². The molecule has 3 amide bonds. The number of hydrogen-bond donors (Lipinski definition) is 3. The molecule has 28 heavy (non-hydrogen) atoms. The van der Waals surface area contributed by atoms with Gasteiger partial charge in [-0.15, -0.1) is 0 Å². The van der Waals surface area contributed by atoms with E-state index in [-0.39, 0.29) is 41.9 Å². The maximum Gasteiger partial charge on any atom is 0.252 e.